The van der Waals surface area contributed by atoms with Gasteiger partial charge in [0, 0.05) is 4.88 Å². The molecule has 3 aromatic rings. The number of thiophene rings is 1. The quantitative estimate of drug-likeness (QED) is 0.475. The molecule has 1 atom stereocenters. The van der Waals surface area contributed by atoms with Crippen molar-refractivity contribution >= 4 is 39.1 Å². The SMILES string of the molecule is CC(=O)CSc1nc2sc3c(c2c(=O)n1Cc1ccccc1)CCC(C)C3. The van der Waals surface area contributed by atoms with Crippen LogP contribution in [0.1, 0.15) is 36.3 Å². The molecule has 0 radical (unpaired) electrons. The summed E-state index contributed by atoms with van der Waals surface area (Å²) in [5.41, 5.74) is 2.29. The maximum absolute atomic E-state index is 13.4. The summed E-state index contributed by atoms with van der Waals surface area (Å²) in [5, 5.41) is 1.43. The van der Waals surface area contributed by atoms with Gasteiger partial charge in [-0.25, -0.2) is 4.98 Å². The Labute approximate surface area is 166 Å². The number of carbonyl (C=O) groups excluding carboxylic acids is 1. The molecule has 0 aliphatic heterocycles. The normalized spacial score (nSPS) is 16.4. The fourth-order valence-corrected chi connectivity index (χ4v) is 5.81. The predicted molar refractivity (Wildman–Crippen MR) is 112 cm³/mol. The van der Waals surface area contributed by atoms with Gasteiger partial charge in [0.05, 0.1) is 17.7 Å². The number of aryl methyl sites for hydroxylation is 1. The number of hydrogen-bond acceptors (Lipinski definition) is 5. The Morgan fingerprint density at radius 1 is 1.33 bits per heavy atom. The van der Waals surface area contributed by atoms with E-state index in [-0.39, 0.29) is 11.3 Å². The maximum atomic E-state index is 13.4. The van der Waals surface area contributed by atoms with E-state index in [4.69, 9.17) is 4.98 Å². The Hall–Kier alpha value is -1.92. The summed E-state index contributed by atoms with van der Waals surface area (Å²) in [4.78, 5) is 31.9. The second-order valence-corrected chi connectivity index (χ2v) is 9.32. The average Bonchev–Trinajstić information content (AvgIpc) is 3.00. The molecule has 140 valence electrons. The zero-order valence-corrected chi connectivity index (χ0v) is 17.2. The molecule has 2 aromatic heterocycles. The maximum Gasteiger partial charge on any atom is 0.263 e. The molecule has 0 N–H and O–H groups in total. The van der Waals surface area contributed by atoms with Gasteiger partial charge in [-0.05, 0) is 43.2 Å². The van der Waals surface area contributed by atoms with Gasteiger partial charge in [0.2, 0.25) is 0 Å². The molecule has 0 amide bonds. The van der Waals surface area contributed by atoms with Crippen LogP contribution in [0.2, 0.25) is 0 Å². The molecule has 1 aliphatic carbocycles. The number of carbonyl (C=O) groups is 1. The van der Waals surface area contributed by atoms with Crippen molar-refractivity contribution in [3.63, 3.8) is 0 Å². The molecule has 1 unspecified atom stereocenters. The van der Waals surface area contributed by atoms with Crippen LogP contribution in [0.25, 0.3) is 10.2 Å². The second kappa shape index (κ2) is 7.60. The van der Waals surface area contributed by atoms with E-state index < -0.39 is 0 Å². The Kier molecular flexibility index (Phi) is 5.19. The molecule has 4 rings (SSSR count). The summed E-state index contributed by atoms with van der Waals surface area (Å²) in [6.45, 7) is 4.31. The molecular weight excluding hydrogens is 376 g/mol. The second-order valence-electron chi connectivity index (χ2n) is 7.29. The highest BCUT2D eigenvalue weighted by Crippen LogP contribution is 2.36. The van der Waals surface area contributed by atoms with Crippen LogP contribution in [0.3, 0.4) is 0 Å². The standard InChI is InChI=1S/C21H22N2O2S2/c1-13-8-9-16-17(10-13)27-19-18(16)20(25)23(11-15-6-4-3-5-7-15)21(22-19)26-12-14(2)24/h3-7,13H,8-12H2,1-2H3. The molecule has 1 aliphatic rings. The topological polar surface area (TPSA) is 52.0 Å². The van der Waals surface area contributed by atoms with Gasteiger partial charge < -0.3 is 0 Å². The molecule has 0 bridgehead atoms. The summed E-state index contributed by atoms with van der Waals surface area (Å²) in [7, 11) is 0. The van der Waals surface area contributed by atoms with Gasteiger partial charge in [0.1, 0.15) is 10.6 Å². The summed E-state index contributed by atoms with van der Waals surface area (Å²) < 4.78 is 1.75. The van der Waals surface area contributed by atoms with Crippen LogP contribution >= 0.6 is 23.1 Å². The average molecular weight is 399 g/mol. The Balaban J connectivity index is 1.86. The third-order valence-corrected chi connectivity index (χ3v) is 7.24. The Morgan fingerprint density at radius 3 is 2.85 bits per heavy atom. The first kappa shape index (κ1) is 18.4. The molecule has 0 spiro atoms. The van der Waals surface area contributed by atoms with E-state index in [1.54, 1.807) is 22.8 Å². The van der Waals surface area contributed by atoms with Crippen molar-refractivity contribution in [3.8, 4) is 0 Å². The molecule has 4 nitrogen and oxygen atoms in total. The van der Waals surface area contributed by atoms with Gasteiger partial charge in [0.25, 0.3) is 5.56 Å². The van der Waals surface area contributed by atoms with Crippen molar-refractivity contribution in [3.05, 3.63) is 56.7 Å². The summed E-state index contributed by atoms with van der Waals surface area (Å²) in [6.07, 6.45) is 3.11. The van der Waals surface area contributed by atoms with Crippen molar-refractivity contribution in [1.29, 1.82) is 0 Å². The Bertz CT molecular complexity index is 1050. The minimum atomic E-state index is 0.0296. The first-order valence-electron chi connectivity index (χ1n) is 9.24. The fourth-order valence-electron chi connectivity index (χ4n) is 3.59. The van der Waals surface area contributed by atoms with Crippen LogP contribution < -0.4 is 5.56 Å². The van der Waals surface area contributed by atoms with Crippen LogP contribution in [-0.4, -0.2) is 21.1 Å². The zero-order valence-electron chi connectivity index (χ0n) is 15.5. The van der Waals surface area contributed by atoms with Gasteiger partial charge in [-0.1, -0.05) is 49.0 Å². The van der Waals surface area contributed by atoms with Crippen molar-refractivity contribution in [2.75, 3.05) is 5.75 Å². The number of Topliss-reactive ketones (excluding diaryl/α,β-unsaturated/α-hetero) is 1. The van der Waals surface area contributed by atoms with Gasteiger partial charge >= 0.3 is 0 Å². The summed E-state index contributed by atoms with van der Waals surface area (Å²) in [5.74, 6) is 1.07. The lowest BCUT2D eigenvalue weighted by Crippen LogP contribution is -2.25. The van der Waals surface area contributed by atoms with Gasteiger partial charge in [-0.3, -0.25) is 14.2 Å². The minimum Gasteiger partial charge on any atom is -0.299 e. The third kappa shape index (κ3) is 3.73. The molecule has 0 saturated heterocycles. The monoisotopic (exact) mass is 398 g/mol. The smallest absolute Gasteiger partial charge is 0.263 e. The number of nitrogens with zero attached hydrogens (tertiary/aromatic N) is 2. The van der Waals surface area contributed by atoms with Crippen LogP contribution in [0.15, 0.2) is 40.3 Å². The van der Waals surface area contributed by atoms with Gasteiger partial charge in [0.15, 0.2) is 5.16 Å². The first-order chi connectivity index (χ1) is 13.0. The molecule has 1 aromatic carbocycles. The van der Waals surface area contributed by atoms with Crippen LogP contribution in [0, 0.1) is 5.92 Å². The van der Waals surface area contributed by atoms with Crippen LogP contribution in [0.4, 0.5) is 0 Å². The lowest BCUT2D eigenvalue weighted by atomic mass is 9.89. The number of aromatic nitrogens is 2. The van der Waals surface area contributed by atoms with Crippen molar-refractivity contribution in [2.24, 2.45) is 5.92 Å². The van der Waals surface area contributed by atoms with E-state index in [1.807, 2.05) is 30.3 Å². The highest BCUT2D eigenvalue weighted by molar-refractivity contribution is 7.99. The molecule has 0 fully saturated rings. The van der Waals surface area contributed by atoms with Gasteiger partial charge in [-0.2, -0.15) is 0 Å². The first-order valence-corrected chi connectivity index (χ1v) is 11.0. The lowest BCUT2D eigenvalue weighted by molar-refractivity contribution is -0.114. The molecule has 6 heteroatoms. The van der Waals surface area contributed by atoms with E-state index >= 15 is 0 Å². The lowest BCUT2D eigenvalue weighted by Gasteiger charge is -2.17. The van der Waals surface area contributed by atoms with Gasteiger partial charge in [-0.15, -0.1) is 11.3 Å². The predicted octanol–water partition coefficient (Wildman–Crippen LogP) is 4.31. The molecule has 0 saturated carbocycles. The molecule has 27 heavy (non-hydrogen) atoms. The number of rotatable bonds is 5. The zero-order chi connectivity index (χ0) is 19.0. The molecular formula is C21H22N2O2S2. The third-order valence-electron chi connectivity index (χ3n) is 4.97. The fraction of sp³-hybridized carbons (Fsp3) is 0.381. The van der Waals surface area contributed by atoms with E-state index in [2.05, 4.69) is 6.92 Å². The van der Waals surface area contributed by atoms with Crippen LogP contribution in [-0.2, 0) is 24.2 Å². The Morgan fingerprint density at radius 2 is 2.11 bits per heavy atom. The number of fused-ring (bicyclic) bond motifs is 3. The highest BCUT2D eigenvalue weighted by atomic mass is 32.2. The van der Waals surface area contributed by atoms with Crippen molar-refractivity contribution < 1.29 is 4.79 Å². The highest BCUT2D eigenvalue weighted by Gasteiger charge is 2.24. The summed E-state index contributed by atoms with van der Waals surface area (Å²) in [6, 6.07) is 9.95. The van der Waals surface area contributed by atoms with Crippen molar-refractivity contribution in [2.45, 2.75) is 44.8 Å². The van der Waals surface area contributed by atoms with E-state index in [0.717, 1.165) is 35.0 Å². The number of ketones is 1. The van der Waals surface area contributed by atoms with E-state index in [1.165, 1.54) is 22.2 Å². The number of benzene rings is 1. The minimum absolute atomic E-state index is 0.0296. The van der Waals surface area contributed by atoms with Crippen molar-refractivity contribution in [1.82, 2.24) is 9.55 Å². The molecule has 2 heterocycles. The number of hydrogen-bond donors (Lipinski definition) is 0. The number of thioether (sulfide) groups is 1. The van der Waals surface area contributed by atoms with E-state index in [0.29, 0.717) is 23.4 Å². The van der Waals surface area contributed by atoms with Crippen LogP contribution in [0.5, 0.6) is 0 Å². The summed E-state index contributed by atoms with van der Waals surface area (Å²) >= 11 is 3.02. The van der Waals surface area contributed by atoms with E-state index in [9.17, 15) is 9.59 Å². The largest absolute Gasteiger partial charge is 0.299 e.